The molecule has 1 aliphatic heterocycles. The zero-order chi connectivity index (χ0) is 16.3. The van der Waals surface area contributed by atoms with Crippen LogP contribution in [0.1, 0.15) is 31.9 Å². The molecular weight excluding hydrogens is 308 g/mol. The first-order valence-corrected chi connectivity index (χ1v) is 9.78. The van der Waals surface area contributed by atoms with E-state index in [2.05, 4.69) is 0 Å². The number of hydrogen-bond donors (Lipinski definition) is 0. The molecule has 0 spiro atoms. The zero-order valence-electron chi connectivity index (χ0n) is 13.4. The number of benzene rings is 1. The summed E-state index contributed by atoms with van der Waals surface area (Å²) in [6, 6.07) is 13.8. The van der Waals surface area contributed by atoms with Gasteiger partial charge < -0.3 is 0 Å². The summed E-state index contributed by atoms with van der Waals surface area (Å²) in [5.74, 6) is 0.212. The Morgan fingerprint density at radius 1 is 1.13 bits per heavy atom. The summed E-state index contributed by atoms with van der Waals surface area (Å²) in [5, 5.41) is 0. The average molecular weight is 330 g/mol. The van der Waals surface area contributed by atoms with Gasteiger partial charge in [0.1, 0.15) is 0 Å². The minimum Gasteiger partial charge on any atom is -0.268 e. The summed E-state index contributed by atoms with van der Waals surface area (Å²) in [4.78, 5) is 4.72. The Balaban J connectivity index is 1.95. The number of aromatic nitrogens is 1. The first-order chi connectivity index (χ1) is 11.1. The number of hydrogen-bond acceptors (Lipinski definition) is 3. The molecule has 1 aromatic heterocycles. The van der Waals surface area contributed by atoms with Gasteiger partial charge in [0.15, 0.2) is 0 Å². The van der Waals surface area contributed by atoms with E-state index in [-0.39, 0.29) is 5.75 Å². The van der Waals surface area contributed by atoms with Gasteiger partial charge in [-0.1, -0.05) is 43.7 Å². The van der Waals surface area contributed by atoms with Gasteiger partial charge in [-0.3, -0.25) is 9.29 Å². The predicted octanol–water partition coefficient (Wildman–Crippen LogP) is 3.63. The van der Waals surface area contributed by atoms with Crippen molar-refractivity contribution in [3.05, 3.63) is 48.2 Å². The Hall–Kier alpha value is -1.88. The Morgan fingerprint density at radius 3 is 2.65 bits per heavy atom. The fourth-order valence-corrected chi connectivity index (χ4v) is 4.66. The molecule has 23 heavy (non-hydrogen) atoms. The van der Waals surface area contributed by atoms with Crippen molar-refractivity contribution in [2.24, 2.45) is 0 Å². The largest absolute Gasteiger partial charge is 0.268 e. The van der Waals surface area contributed by atoms with Gasteiger partial charge in [0, 0.05) is 12.1 Å². The molecule has 0 aliphatic carbocycles. The lowest BCUT2D eigenvalue weighted by Gasteiger charge is -2.30. The van der Waals surface area contributed by atoms with Crippen LogP contribution >= 0.6 is 0 Å². The molecule has 0 N–H and O–H groups in total. The minimum absolute atomic E-state index is 0.212. The molecule has 0 radical (unpaired) electrons. The maximum Gasteiger partial charge on any atom is 0.235 e. The van der Waals surface area contributed by atoms with Crippen molar-refractivity contribution in [2.45, 2.75) is 32.6 Å². The van der Waals surface area contributed by atoms with Gasteiger partial charge in [-0.05, 0) is 31.4 Å². The normalized spacial score (nSPS) is 14.6. The molecular formula is C18H22N2O2S. The molecule has 2 aromatic rings. The molecule has 1 aromatic carbocycles. The Labute approximate surface area is 138 Å². The summed E-state index contributed by atoms with van der Waals surface area (Å²) in [7, 11) is -3.24. The minimum atomic E-state index is -3.24. The van der Waals surface area contributed by atoms with Crippen molar-refractivity contribution in [1.29, 1.82) is 0 Å². The number of anilines is 1. The number of sulfonamides is 1. The Morgan fingerprint density at radius 2 is 1.91 bits per heavy atom. The number of rotatable bonds is 5. The lowest BCUT2D eigenvalue weighted by atomic mass is 10.1. The van der Waals surface area contributed by atoms with Gasteiger partial charge >= 0.3 is 0 Å². The smallest absolute Gasteiger partial charge is 0.235 e. The predicted molar refractivity (Wildman–Crippen MR) is 94.0 cm³/mol. The maximum atomic E-state index is 12.6. The van der Waals surface area contributed by atoms with Crippen molar-refractivity contribution >= 4 is 15.7 Å². The van der Waals surface area contributed by atoms with Crippen LogP contribution in [0.4, 0.5) is 5.69 Å². The highest BCUT2D eigenvalue weighted by Gasteiger charge is 2.27. The van der Waals surface area contributed by atoms with E-state index in [4.69, 9.17) is 4.98 Å². The fourth-order valence-electron chi connectivity index (χ4n) is 2.91. The number of nitrogens with zero attached hydrogens (tertiary/aromatic N) is 2. The fraction of sp³-hybridized carbons (Fsp3) is 0.389. The molecule has 4 nitrogen and oxygen atoms in total. The van der Waals surface area contributed by atoms with Crippen LogP contribution in [0.3, 0.4) is 0 Å². The summed E-state index contributed by atoms with van der Waals surface area (Å²) in [5.41, 5.74) is 3.60. The molecule has 3 rings (SSSR count). The van der Waals surface area contributed by atoms with Gasteiger partial charge in [0.2, 0.25) is 10.0 Å². The summed E-state index contributed by atoms with van der Waals surface area (Å²) < 4.78 is 26.7. The highest BCUT2D eigenvalue weighted by Crippen LogP contribution is 2.31. The maximum absolute atomic E-state index is 12.6. The third-order valence-corrected chi connectivity index (χ3v) is 6.01. The van der Waals surface area contributed by atoms with Crippen LogP contribution in [0.15, 0.2) is 42.5 Å². The third kappa shape index (κ3) is 3.39. The van der Waals surface area contributed by atoms with Gasteiger partial charge in [0.05, 0.1) is 22.8 Å². The van der Waals surface area contributed by atoms with Crippen molar-refractivity contribution < 1.29 is 8.42 Å². The highest BCUT2D eigenvalue weighted by molar-refractivity contribution is 7.92. The van der Waals surface area contributed by atoms with E-state index in [1.54, 1.807) is 4.31 Å². The molecule has 0 saturated carbocycles. The molecule has 0 bridgehead atoms. The van der Waals surface area contributed by atoms with Gasteiger partial charge in [-0.25, -0.2) is 8.42 Å². The zero-order valence-corrected chi connectivity index (χ0v) is 14.2. The summed E-state index contributed by atoms with van der Waals surface area (Å²) in [6.45, 7) is 2.57. The van der Waals surface area contributed by atoms with Gasteiger partial charge in [-0.15, -0.1) is 0 Å². The number of pyridine rings is 1. The second-order valence-electron chi connectivity index (χ2n) is 5.87. The Bertz CT molecular complexity index is 773. The van der Waals surface area contributed by atoms with Crippen LogP contribution in [-0.2, 0) is 16.4 Å². The van der Waals surface area contributed by atoms with Crippen LogP contribution in [-0.4, -0.2) is 25.7 Å². The summed E-state index contributed by atoms with van der Waals surface area (Å²) in [6.07, 6.45) is 3.23. The quantitative estimate of drug-likeness (QED) is 0.841. The molecule has 1 aliphatic rings. The molecule has 0 atom stereocenters. The SMILES string of the molecule is CCCCS(=O)(=O)N1CCCc2nc(-c3ccccc3)ccc21. The number of unbranched alkanes of at least 4 members (excludes halogenated alkanes) is 1. The second kappa shape index (κ2) is 6.71. The molecule has 0 fully saturated rings. The van der Waals surface area contributed by atoms with E-state index < -0.39 is 10.0 Å². The van der Waals surface area contributed by atoms with E-state index in [1.807, 2.05) is 49.4 Å². The van der Waals surface area contributed by atoms with E-state index in [0.717, 1.165) is 41.9 Å². The molecule has 122 valence electrons. The van der Waals surface area contributed by atoms with Crippen LogP contribution in [0.5, 0.6) is 0 Å². The molecule has 5 heteroatoms. The standard InChI is InChI=1S/C18H22N2O2S/c1-2-3-14-23(21,22)20-13-7-10-17-18(20)12-11-16(19-17)15-8-5-4-6-9-15/h4-6,8-9,11-12H,2-3,7,10,13-14H2,1H3. The van der Waals surface area contributed by atoms with Crippen molar-refractivity contribution in [3.63, 3.8) is 0 Å². The van der Waals surface area contributed by atoms with E-state index >= 15 is 0 Å². The van der Waals surface area contributed by atoms with Crippen LogP contribution in [0.2, 0.25) is 0 Å². The number of fused-ring (bicyclic) bond motifs is 1. The van der Waals surface area contributed by atoms with E-state index in [9.17, 15) is 8.42 Å². The van der Waals surface area contributed by atoms with Gasteiger partial charge in [-0.2, -0.15) is 0 Å². The van der Waals surface area contributed by atoms with Gasteiger partial charge in [0.25, 0.3) is 0 Å². The average Bonchev–Trinajstić information content (AvgIpc) is 2.59. The Kier molecular flexibility index (Phi) is 4.66. The third-order valence-electron chi connectivity index (χ3n) is 4.15. The highest BCUT2D eigenvalue weighted by atomic mass is 32.2. The molecule has 0 amide bonds. The van der Waals surface area contributed by atoms with Crippen LogP contribution in [0, 0.1) is 0 Å². The van der Waals surface area contributed by atoms with Crippen LogP contribution < -0.4 is 4.31 Å². The lowest BCUT2D eigenvalue weighted by molar-refractivity contribution is 0.582. The monoisotopic (exact) mass is 330 g/mol. The molecule has 0 saturated heterocycles. The van der Waals surface area contributed by atoms with Crippen LogP contribution in [0.25, 0.3) is 11.3 Å². The van der Waals surface area contributed by atoms with Crippen molar-refractivity contribution in [3.8, 4) is 11.3 Å². The topological polar surface area (TPSA) is 50.3 Å². The molecule has 0 unspecified atom stereocenters. The first-order valence-electron chi connectivity index (χ1n) is 8.17. The first kappa shape index (κ1) is 16.0. The molecule has 2 heterocycles. The van der Waals surface area contributed by atoms with Crippen molar-refractivity contribution in [2.75, 3.05) is 16.6 Å². The van der Waals surface area contributed by atoms with E-state index in [1.165, 1.54) is 0 Å². The lowest BCUT2D eigenvalue weighted by Crippen LogP contribution is -2.37. The summed E-state index contributed by atoms with van der Waals surface area (Å²) >= 11 is 0. The van der Waals surface area contributed by atoms with E-state index in [0.29, 0.717) is 13.0 Å². The number of aryl methyl sites for hydroxylation is 1. The second-order valence-corrected chi connectivity index (χ2v) is 7.89. The van der Waals surface area contributed by atoms with Crippen molar-refractivity contribution in [1.82, 2.24) is 4.98 Å².